The van der Waals surface area contributed by atoms with Gasteiger partial charge in [-0.1, -0.05) is 24.6 Å². The van der Waals surface area contributed by atoms with Crippen LogP contribution >= 0.6 is 11.6 Å². The van der Waals surface area contributed by atoms with E-state index >= 15 is 0 Å². The van der Waals surface area contributed by atoms with E-state index in [1.54, 1.807) is 25.1 Å². The molecule has 1 saturated heterocycles. The first-order chi connectivity index (χ1) is 18.1. The minimum Gasteiger partial charge on any atom is -0.494 e. The van der Waals surface area contributed by atoms with Gasteiger partial charge in [-0.25, -0.2) is 23.2 Å². The number of carboxylic acid groups (broad SMARTS) is 1. The molecule has 1 amide bonds. The average Bonchev–Trinajstić information content (AvgIpc) is 3.55. The highest BCUT2D eigenvalue weighted by atomic mass is 35.5. The highest BCUT2D eigenvalue weighted by Crippen LogP contribution is 2.39. The number of amides is 1. The van der Waals surface area contributed by atoms with Gasteiger partial charge in [-0.15, -0.1) is 10.2 Å². The number of carbonyl (C=O) groups is 1. The average molecular weight is 566 g/mol. The zero-order chi connectivity index (χ0) is 27.6. The molecule has 2 unspecified atom stereocenters. The monoisotopic (exact) mass is 565 g/mol. The van der Waals surface area contributed by atoms with Crippen LogP contribution in [0.3, 0.4) is 0 Å². The van der Waals surface area contributed by atoms with Gasteiger partial charge in [0, 0.05) is 37.3 Å². The summed E-state index contributed by atoms with van der Waals surface area (Å²) in [6.07, 6.45) is 2.26. The molecule has 38 heavy (non-hydrogen) atoms. The lowest BCUT2D eigenvalue weighted by Gasteiger charge is -2.22. The fourth-order valence-electron chi connectivity index (χ4n) is 4.30. The maximum absolute atomic E-state index is 13.5. The molecule has 2 aromatic heterocycles. The standard InChI is InChI=1S/C23H28ClN7O6S/c1-13(20-25-10-16(24)11-26-20)14(2)38(34,35)29-22-28-27-21(15-8-9-30(12-15)23(32)33)31(22)19-17(36-3)6-5-7-18(19)37-4/h5-7,10-11,13-15H,8-9,12H2,1-4H3,(H,28,29)(H,32,33)/t13?,14?,15-/m1/s1. The lowest BCUT2D eigenvalue weighted by atomic mass is 10.1. The summed E-state index contributed by atoms with van der Waals surface area (Å²) in [6, 6.07) is 5.12. The fourth-order valence-corrected chi connectivity index (χ4v) is 5.63. The number of likely N-dealkylation sites (tertiary alicyclic amines) is 1. The molecule has 0 saturated carbocycles. The summed E-state index contributed by atoms with van der Waals surface area (Å²) in [4.78, 5) is 21.1. The van der Waals surface area contributed by atoms with Crippen LogP contribution in [0.25, 0.3) is 5.69 Å². The number of ether oxygens (including phenoxy) is 2. The molecule has 1 fully saturated rings. The molecule has 15 heteroatoms. The minimum atomic E-state index is -4.05. The van der Waals surface area contributed by atoms with Crippen LogP contribution in [0.15, 0.2) is 30.6 Å². The van der Waals surface area contributed by atoms with Crippen molar-refractivity contribution in [3.05, 3.63) is 47.3 Å². The Labute approximate surface area is 224 Å². The number of rotatable bonds is 9. The van der Waals surface area contributed by atoms with Crippen LogP contribution in [0.2, 0.25) is 5.02 Å². The third-order valence-corrected chi connectivity index (χ3v) is 8.66. The van der Waals surface area contributed by atoms with E-state index in [0.717, 1.165) is 0 Å². The van der Waals surface area contributed by atoms with Crippen molar-refractivity contribution in [1.82, 2.24) is 29.6 Å². The molecule has 4 rings (SSSR count). The Morgan fingerprint density at radius 3 is 2.34 bits per heavy atom. The van der Waals surface area contributed by atoms with Gasteiger partial charge in [0.1, 0.15) is 28.8 Å². The zero-order valence-electron chi connectivity index (χ0n) is 21.2. The number of hydrogen-bond acceptors (Lipinski definition) is 9. The molecule has 0 spiro atoms. The van der Waals surface area contributed by atoms with Crippen molar-refractivity contribution in [2.24, 2.45) is 0 Å². The second-order valence-electron chi connectivity index (χ2n) is 8.84. The first kappa shape index (κ1) is 27.4. The largest absolute Gasteiger partial charge is 0.494 e. The highest BCUT2D eigenvalue weighted by molar-refractivity contribution is 7.93. The first-order valence-corrected chi connectivity index (χ1v) is 13.6. The van der Waals surface area contributed by atoms with Gasteiger partial charge < -0.3 is 19.5 Å². The molecule has 1 aromatic carbocycles. The third-order valence-electron chi connectivity index (χ3n) is 6.61. The molecule has 204 valence electrons. The Balaban J connectivity index is 1.77. The van der Waals surface area contributed by atoms with Crippen LogP contribution in [0.1, 0.15) is 43.8 Å². The molecule has 0 radical (unpaired) electrons. The summed E-state index contributed by atoms with van der Waals surface area (Å²) in [5, 5.41) is 17.3. The van der Waals surface area contributed by atoms with Crippen LogP contribution < -0.4 is 14.2 Å². The molecule has 1 aliphatic heterocycles. The summed E-state index contributed by atoms with van der Waals surface area (Å²) in [7, 11) is -1.10. The highest BCUT2D eigenvalue weighted by Gasteiger charge is 2.36. The Morgan fingerprint density at radius 1 is 1.16 bits per heavy atom. The van der Waals surface area contributed by atoms with Crippen molar-refractivity contribution in [2.75, 3.05) is 32.0 Å². The van der Waals surface area contributed by atoms with E-state index in [1.807, 2.05) is 0 Å². The molecule has 3 heterocycles. The van der Waals surface area contributed by atoms with Gasteiger partial charge in [-0.05, 0) is 25.5 Å². The second kappa shape index (κ2) is 11.0. The van der Waals surface area contributed by atoms with Gasteiger partial charge in [-0.3, -0.25) is 9.29 Å². The van der Waals surface area contributed by atoms with E-state index in [4.69, 9.17) is 21.1 Å². The molecule has 1 aliphatic rings. The molecule has 2 N–H and O–H groups in total. The summed E-state index contributed by atoms with van der Waals surface area (Å²) in [6.45, 7) is 3.73. The van der Waals surface area contributed by atoms with E-state index in [-0.39, 0.29) is 18.4 Å². The van der Waals surface area contributed by atoms with Crippen LogP contribution in [0.4, 0.5) is 10.7 Å². The Bertz CT molecular complexity index is 1390. The van der Waals surface area contributed by atoms with Crippen molar-refractivity contribution in [2.45, 2.75) is 37.4 Å². The lowest BCUT2D eigenvalue weighted by molar-refractivity contribution is 0.155. The topological polar surface area (TPSA) is 162 Å². The van der Waals surface area contributed by atoms with Crippen molar-refractivity contribution in [3.8, 4) is 17.2 Å². The zero-order valence-corrected chi connectivity index (χ0v) is 22.8. The number of benzene rings is 1. The van der Waals surface area contributed by atoms with Crippen molar-refractivity contribution >= 4 is 33.7 Å². The summed E-state index contributed by atoms with van der Waals surface area (Å²) in [5.74, 6) is 0.444. The van der Waals surface area contributed by atoms with Crippen LogP contribution in [0, 0.1) is 0 Å². The van der Waals surface area contributed by atoms with E-state index in [2.05, 4.69) is 24.9 Å². The summed E-state index contributed by atoms with van der Waals surface area (Å²) < 4.78 is 42.3. The summed E-state index contributed by atoms with van der Waals surface area (Å²) >= 11 is 5.87. The van der Waals surface area contributed by atoms with Crippen molar-refractivity contribution < 1.29 is 27.8 Å². The number of anilines is 1. The number of sulfonamides is 1. The van der Waals surface area contributed by atoms with Gasteiger partial charge in [0.2, 0.25) is 16.0 Å². The Hall–Kier alpha value is -3.65. The summed E-state index contributed by atoms with van der Waals surface area (Å²) in [5.41, 5.74) is 0.380. The van der Waals surface area contributed by atoms with E-state index < -0.39 is 27.3 Å². The Kier molecular flexibility index (Phi) is 7.92. The van der Waals surface area contributed by atoms with Crippen molar-refractivity contribution in [1.29, 1.82) is 0 Å². The van der Waals surface area contributed by atoms with Gasteiger partial charge in [0.15, 0.2) is 0 Å². The molecule has 3 aromatic rings. The second-order valence-corrected chi connectivity index (χ2v) is 11.3. The number of methoxy groups -OCH3 is 2. The van der Waals surface area contributed by atoms with Crippen LogP contribution in [-0.4, -0.2) is 81.8 Å². The minimum absolute atomic E-state index is 0.0901. The van der Waals surface area contributed by atoms with E-state index in [0.29, 0.717) is 46.8 Å². The van der Waals surface area contributed by atoms with Crippen molar-refractivity contribution in [3.63, 3.8) is 0 Å². The van der Waals surface area contributed by atoms with Crippen LogP contribution in [-0.2, 0) is 10.0 Å². The van der Waals surface area contributed by atoms with Gasteiger partial charge in [0.05, 0.1) is 24.5 Å². The molecule has 13 nitrogen and oxygen atoms in total. The third kappa shape index (κ3) is 5.31. The van der Waals surface area contributed by atoms with Crippen LogP contribution in [0.5, 0.6) is 11.5 Å². The molecular formula is C23H28ClN7O6S. The number of nitrogens with zero attached hydrogens (tertiary/aromatic N) is 6. The molecular weight excluding hydrogens is 538 g/mol. The lowest BCUT2D eigenvalue weighted by Crippen LogP contribution is -2.31. The molecule has 0 bridgehead atoms. The maximum atomic E-state index is 13.5. The first-order valence-electron chi connectivity index (χ1n) is 11.7. The molecule has 3 atom stereocenters. The van der Waals surface area contributed by atoms with Gasteiger partial charge in [-0.2, -0.15) is 0 Å². The SMILES string of the molecule is COc1cccc(OC)c1-n1c(NS(=O)(=O)C(C)C(C)c2ncc(Cl)cn2)nnc1[C@@H]1CCN(C(=O)O)C1. The fraction of sp³-hybridized carbons (Fsp3) is 0.435. The molecule has 0 aliphatic carbocycles. The number of aromatic nitrogens is 5. The number of para-hydroxylation sites is 1. The maximum Gasteiger partial charge on any atom is 0.407 e. The van der Waals surface area contributed by atoms with Gasteiger partial charge >= 0.3 is 6.09 Å². The normalized spacial score (nSPS) is 17.2. The quantitative estimate of drug-likeness (QED) is 0.394. The number of halogens is 1. The van der Waals surface area contributed by atoms with E-state index in [1.165, 1.54) is 43.0 Å². The Morgan fingerprint density at radius 2 is 1.79 bits per heavy atom. The number of hydrogen-bond donors (Lipinski definition) is 2. The smallest absolute Gasteiger partial charge is 0.407 e. The predicted octanol–water partition coefficient (Wildman–Crippen LogP) is 3.13. The number of nitrogens with one attached hydrogen (secondary N) is 1. The van der Waals surface area contributed by atoms with Gasteiger partial charge in [0.25, 0.3) is 0 Å². The predicted molar refractivity (Wildman–Crippen MR) is 139 cm³/mol. The van der Waals surface area contributed by atoms with E-state index in [9.17, 15) is 18.3 Å².